The average molecular weight is 260 g/mol. The van der Waals surface area contributed by atoms with Gasteiger partial charge >= 0.3 is 0 Å². The highest BCUT2D eigenvalue weighted by Gasteiger charge is 2.25. The fraction of sp³-hybridized carbons (Fsp3) is 0.923. The lowest BCUT2D eigenvalue weighted by Crippen LogP contribution is -2.52. The van der Waals surface area contributed by atoms with E-state index in [1.807, 2.05) is 39.6 Å². The summed E-state index contributed by atoms with van der Waals surface area (Å²) in [5.74, 6) is -0.0195. The minimum atomic E-state index is -0.575. The molecular formula is C13H28N2O3. The van der Waals surface area contributed by atoms with Crippen LogP contribution in [-0.4, -0.2) is 60.9 Å². The lowest BCUT2D eigenvalue weighted by atomic mass is 10.0. The molecule has 0 bridgehead atoms. The molecule has 0 aromatic rings. The van der Waals surface area contributed by atoms with E-state index in [1.54, 1.807) is 7.11 Å². The van der Waals surface area contributed by atoms with Gasteiger partial charge in [-0.1, -0.05) is 6.92 Å². The van der Waals surface area contributed by atoms with Crippen molar-refractivity contribution in [3.8, 4) is 0 Å². The van der Waals surface area contributed by atoms with Gasteiger partial charge in [0.2, 0.25) is 5.91 Å². The van der Waals surface area contributed by atoms with Gasteiger partial charge in [-0.3, -0.25) is 9.69 Å². The number of nitrogens with zero attached hydrogens (tertiary/aromatic N) is 1. The molecule has 0 saturated carbocycles. The number of nitrogens with one attached hydrogen (secondary N) is 1. The number of methoxy groups -OCH3 is 1. The molecule has 0 fully saturated rings. The van der Waals surface area contributed by atoms with E-state index in [0.29, 0.717) is 6.54 Å². The maximum absolute atomic E-state index is 12.0. The lowest BCUT2D eigenvalue weighted by molar-refractivity contribution is -0.127. The van der Waals surface area contributed by atoms with Crippen LogP contribution >= 0.6 is 0 Å². The van der Waals surface area contributed by atoms with Crippen LogP contribution in [0.15, 0.2) is 0 Å². The first-order chi connectivity index (χ1) is 8.23. The molecule has 5 heteroatoms. The summed E-state index contributed by atoms with van der Waals surface area (Å²) in [6.07, 6.45) is 0.302. The van der Waals surface area contributed by atoms with E-state index in [-0.39, 0.29) is 24.1 Å². The van der Waals surface area contributed by atoms with Gasteiger partial charge in [-0.25, -0.2) is 0 Å². The molecule has 0 aliphatic carbocycles. The summed E-state index contributed by atoms with van der Waals surface area (Å²) in [5.41, 5.74) is -0.197. The second-order valence-corrected chi connectivity index (χ2v) is 5.45. The number of aliphatic hydroxyl groups is 1. The van der Waals surface area contributed by atoms with E-state index >= 15 is 0 Å². The summed E-state index contributed by atoms with van der Waals surface area (Å²) in [6, 6.07) is -0.276. The Kier molecular flexibility index (Phi) is 7.43. The zero-order valence-corrected chi connectivity index (χ0v) is 12.5. The molecule has 2 N–H and O–H groups in total. The second kappa shape index (κ2) is 7.71. The predicted octanol–water partition coefficient (Wildman–Crippen LogP) is 0.619. The smallest absolute Gasteiger partial charge is 0.237 e. The number of hydrogen-bond acceptors (Lipinski definition) is 4. The van der Waals surface area contributed by atoms with E-state index in [1.165, 1.54) is 0 Å². The average Bonchev–Trinajstić information content (AvgIpc) is 2.27. The Hall–Kier alpha value is -0.650. The van der Waals surface area contributed by atoms with E-state index < -0.39 is 6.10 Å². The fourth-order valence-corrected chi connectivity index (χ4v) is 1.46. The first kappa shape index (κ1) is 17.4. The van der Waals surface area contributed by atoms with Gasteiger partial charge in [0.25, 0.3) is 0 Å². The van der Waals surface area contributed by atoms with Gasteiger partial charge in [-0.05, 0) is 34.2 Å². The molecule has 0 heterocycles. The van der Waals surface area contributed by atoms with Crippen LogP contribution in [0.1, 0.15) is 34.1 Å². The number of hydrogen-bond donors (Lipinski definition) is 2. The number of likely N-dealkylation sites (N-methyl/N-ethyl adjacent to an activating group) is 1. The van der Waals surface area contributed by atoms with Gasteiger partial charge in [0.05, 0.1) is 18.8 Å². The fourth-order valence-electron chi connectivity index (χ4n) is 1.46. The van der Waals surface area contributed by atoms with Crippen molar-refractivity contribution in [2.24, 2.45) is 0 Å². The van der Waals surface area contributed by atoms with Crippen LogP contribution in [0.25, 0.3) is 0 Å². The summed E-state index contributed by atoms with van der Waals surface area (Å²) in [6.45, 7) is 8.56. The monoisotopic (exact) mass is 260 g/mol. The third kappa shape index (κ3) is 6.33. The second-order valence-electron chi connectivity index (χ2n) is 5.45. The molecule has 0 aromatic heterocycles. The zero-order chi connectivity index (χ0) is 14.3. The van der Waals surface area contributed by atoms with Crippen molar-refractivity contribution in [1.29, 1.82) is 0 Å². The third-order valence-electron chi connectivity index (χ3n) is 3.24. The molecule has 5 nitrogen and oxygen atoms in total. The quantitative estimate of drug-likeness (QED) is 0.671. The number of rotatable bonds is 8. The van der Waals surface area contributed by atoms with Gasteiger partial charge < -0.3 is 15.2 Å². The largest absolute Gasteiger partial charge is 0.389 e. The van der Waals surface area contributed by atoms with Crippen LogP contribution < -0.4 is 5.32 Å². The SMILES string of the molecule is CCC(C)(C)NC(=O)C(C)N(C)CC(O)COC. The highest BCUT2D eigenvalue weighted by Crippen LogP contribution is 2.08. The molecule has 0 aromatic carbocycles. The minimum Gasteiger partial charge on any atom is -0.389 e. The van der Waals surface area contributed by atoms with Crippen molar-refractivity contribution >= 4 is 5.91 Å². The Bertz CT molecular complexity index is 257. The molecule has 0 aliphatic rings. The summed E-state index contributed by atoms with van der Waals surface area (Å²) < 4.78 is 4.87. The molecule has 0 saturated heterocycles. The van der Waals surface area contributed by atoms with E-state index in [4.69, 9.17) is 4.74 Å². The molecule has 18 heavy (non-hydrogen) atoms. The summed E-state index contributed by atoms with van der Waals surface area (Å²) in [5, 5.41) is 12.6. The molecule has 0 radical (unpaired) electrons. The van der Waals surface area contributed by atoms with Crippen LogP contribution in [0.4, 0.5) is 0 Å². The zero-order valence-electron chi connectivity index (χ0n) is 12.5. The van der Waals surface area contributed by atoms with Crippen molar-refractivity contribution in [2.45, 2.75) is 51.8 Å². The van der Waals surface area contributed by atoms with Crippen LogP contribution in [0, 0.1) is 0 Å². The van der Waals surface area contributed by atoms with Crippen LogP contribution in [0.5, 0.6) is 0 Å². The number of carbonyl (C=O) groups excluding carboxylic acids is 1. The lowest BCUT2D eigenvalue weighted by Gasteiger charge is -2.31. The van der Waals surface area contributed by atoms with Gasteiger partial charge in [0, 0.05) is 19.2 Å². The molecule has 0 aliphatic heterocycles. The van der Waals surface area contributed by atoms with E-state index in [0.717, 1.165) is 6.42 Å². The minimum absolute atomic E-state index is 0.0195. The molecule has 1 amide bonds. The van der Waals surface area contributed by atoms with Crippen LogP contribution in [0.3, 0.4) is 0 Å². The van der Waals surface area contributed by atoms with E-state index in [2.05, 4.69) is 5.32 Å². The first-order valence-corrected chi connectivity index (χ1v) is 6.42. The summed E-state index contributed by atoms with van der Waals surface area (Å²) in [7, 11) is 3.37. The van der Waals surface area contributed by atoms with Crippen molar-refractivity contribution < 1.29 is 14.6 Å². The third-order valence-corrected chi connectivity index (χ3v) is 3.24. The highest BCUT2D eigenvalue weighted by molar-refractivity contribution is 5.81. The Morgan fingerprint density at radius 2 is 2.06 bits per heavy atom. The van der Waals surface area contributed by atoms with Crippen LogP contribution in [-0.2, 0) is 9.53 Å². The Morgan fingerprint density at radius 1 is 1.50 bits per heavy atom. The highest BCUT2D eigenvalue weighted by atomic mass is 16.5. The molecule has 0 spiro atoms. The summed E-state index contributed by atoms with van der Waals surface area (Å²) >= 11 is 0. The standard InChI is InChI=1S/C13H28N2O3/c1-7-13(3,4)14-12(17)10(2)15(5)8-11(16)9-18-6/h10-11,16H,7-9H2,1-6H3,(H,14,17). The number of carbonyl (C=O) groups is 1. The van der Waals surface area contributed by atoms with Crippen molar-refractivity contribution in [2.75, 3.05) is 27.3 Å². The molecule has 2 unspecified atom stereocenters. The molecule has 108 valence electrons. The molecule has 2 atom stereocenters. The van der Waals surface area contributed by atoms with Crippen molar-refractivity contribution in [3.05, 3.63) is 0 Å². The van der Waals surface area contributed by atoms with Gasteiger partial charge in [-0.15, -0.1) is 0 Å². The van der Waals surface area contributed by atoms with Gasteiger partial charge in [-0.2, -0.15) is 0 Å². The van der Waals surface area contributed by atoms with E-state index in [9.17, 15) is 9.90 Å². The van der Waals surface area contributed by atoms with Crippen LogP contribution in [0.2, 0.25) is 0 Å². The maximum Gasteiger partial charge on any atom is 0.237 e. The predicted molar refractivity (Wildman–Crippen MR) is 72.5 cm³/mol. The number of amides is 1. The maximum atomic E-state index is 12.0. The summed E-state index contributed by atoms with van der Waals surface area (Å²) in [4.78, 5) is 13.9. The van der Waals surface area contributed by atoms with Crippen molar-refractivity contribution in [1.82, 2.24) is 10.2 Å². The van der Waals surface area contributed by atoms with Gasteiger partial charge in [0.15, 0.2) is 0 Å². The topological polar surface area (TPSA) is 61.8 Å². The Balaban J connectivity index is 4.28. The first-order valence-electron chi connectivity index (χ1n) is 6.42. The number of ether oxygens (including phenoxy) is 1. The van der Waals surface area contributed by atoms with Gasteiger partial charge in [0.1, 0.15) is 0 Å². The molecule has 0 rings (SSSR count). The molecular weight excluding hydrogens is 232 g/mol. The number of aliphatic hydroxyl groups excluding tert-OH is 1. The van der Waals surface area contributed by atoms with Crippen molar-refractivity contribution in [3.63, 3.8) is 0 Å². The Morgan fingerprint density at radius 3 is 2.50 bits per heavy atom. The normalized spacial score (nSPS) is 15.6. The Labute approximate surface area is 110 Å².